The van der Waals surface area contributed by atoms with Gasteiger partial charge < -0.3 is 14.7 Å². The van der Waals surface area contributed by atoms with Gasteiger partial charge >= 0.3 is 18.3 Å². The van der Waals surface area contributed by atoms with E-state index in [2.05, 4.69) is 9.72 Å². The van der Waals surface area contributed by atoms with Crippen molar-refractivity contribution in [3.05, 3.63) is 23.9 Å². The molecular weight excluding hydrogens is 336 g/mol. The van der Waals surface area contributed by atoms with Crippen LogP contribution >= 0.6 is 0 Å². The van der Waals surface area contributed by atoms with Crippen LogP contribution in [0.5, 0.6) is 5.88 Å². The van der Waals surface area contributed by atoms with Crippen LogP contribution < -0.4 is 4.74 Å². The SMILES string of the molecule is CCN(CCC(=O)O)C(=O)c1ccc(OCC(F)(F)C(F)F)nc1. The molecule has 1 N–H and O–H groups in total. The number of hydrogen-bond donors (Lipinski definition) is 1. The van der Waals surface area contributed by atoms with Gasteiger partial charge in [-0.25, -0.2) is 13.8 Å². The number of pyridine rings is 1. The van der Waals surface area contributed by atoms with Crippen molar-refractivity contribution in [1.29, 1.82) is 0 Å². The van der Waals surface area contributed by atoms with Crippen LogP contribution in [0.15, 0.2) is 18.3 Å². The molecule has 6 nitrogen and oxygen atoms in total. The number of halogens is 4. The van der Waals surface area contributed by atoms with Crippen LogP contribution in [0.3, 0.4) is 0 Å². The van der Waals surface area contributed by atoms with Gasteiger partial charge in [-0.3, -0.25) is 9.59 Å². The van der Waals surface area contributed by atoms with Gasteiger partial charge in [0.25, 0.3) is 5.91 Å². The fourth-order valence-corrected chi connectivity index (χ4v) is 1.64. The molecule has 134 valence electrons. The Labute approximate surface area is 135 Å². The highest BCUT2D eigenvalue weighted by Gasteiger charge is 2.41. The molecular formula is C14H16F4N2O4. The molecule has 10 heteroatoms. The zero-order valence-corrected chi connectivity index (χ0v) is 12.7. The van der Waals surface area contributed by atoms with Gasteiger partial charge in [0, 0.05) is 25.4 Å². The summed E-state index contributed by atoms with van der Waals surface area (Å²) in [6.45, 7) is 0.399. The number of aliphatic carboxylic acids is 1. The number of aromatic nitrogens is 1. The van der Waals surface area contributed by atoms with Gasteiger partial charge in [-0.05, 0) is 13.0 Å². The minimum atomic E-state index is -4.30. The summed E-state index contributed by atoms with van der Waals surface area (Å²) in [6, 6.07) is 2.33. The molecule has 1 heterocycles. The molecule has 1 aromatic rings. The second kappa shape index (κ2) is 8.46. The predicted octanol–water partition coefficient (Wildman–Crippen LogP) is 2.30. The number of ether oxygens (including phenoxy) is 1. The molecule has 0 spiro atoms. The fourth-order valence-electron chi connectivity index (χ4n) is 1.64. The zero-order chi connectivity index (χ0) is 18.3. The molecule has 0 aliphatic carbocycles. The van der Waals surface area contributed by atoms with Gasteiger partial charge in [0.2, 0.25) is 5.88 Å². The summed E-state index contributed by atoms with van der Waals surface area (Å²) in [7, 11) is 0. The van der Waals surface area contributed by atoms with Gasteiger partial charge in [0.05, 0.1) is 12.0 Å². The third-order valence-electron chi connectivity index (χ3n) is 2.98. The molecule has 0 radical (unpaired) electrons. The summed E-state index contributed by atoms with van der Waals surface area (Å²) in [6.07, 6.45) is -3.04. The molecule has 0 saturated heterocycles. The highest BCUT2D eigenvalue weighted by molar-refractivity contribution is 5.94. The first kappa shape index (κ1) is 19.7. The number of hydrogen-bond acceptors (Lipinski definition) is 4. The summed E-state index contributed by atoms with van der Waals surface area (Å²) >= 11 is 0. The Kier molecular flexibility index (Phi) is 6.93. The summed E-state index contributed by atoms with van der Waals surface area (Å²) in [5.74, 6) is -6.18. The molecule has 0 saturated carbocycles. The zero-order valence-electron chi connectivity index (χ0n) is 12.7. The number of carboxylic acid groups (broad SMARTS) is 1. The highest BCUT2D eigenvalue weighted by Crippen LogP contribution is 2.23. The minimum absolute atomic E-state index is 0.00350. The number of amides is 1. The van der Waals surface area contributed by atoms with E-state index in [1.54, 1.807) is 6.92 Å². The average molecular weight is 352 g/mol. The van der Waals surface area contributed by atoms with Crippen molar-refractivity contribution >= 4 is 11.9 Å². The molecule has 1 amide bonds. The third-order valence-corrected chi connectivity index (χ3v) is 2.98. The Morgan fingerprint density at radius 1 is 1.38 bits per heavy atom. The molecule has 0 aliphatic heterocycles. The van der Waals surface area contributed by atoms with Crippen molar-refractivity contribution in [2.24, 2.45) is 0 Å². The lowest BCUT2D eigenvalue weighted by Crippen LogP contribution is -2.34. The Balaban J connectivity index is 2.69. The quantitative estimate of drug-likeness (QED) is 0.690. The number of carbonyl (C=O) groups is 2. The van der Waals surface area contributed by atoms with Crippen LogP contribution in [0.1, 0.15) is 23.7 Å². The average Bonchev–Trinajstić information content (AvgIpc) is 2.53. The first-order valence-electron chi connectivity index (χ1n) is 6.93. The molecule has 0 aliphatic rings. The van der Waals surface area contributed by atoms with E-state index in [0.717, 1.165) is 12.3 Å². The number of alkyl halides is 4. The molecule has 0 fully saturated rings. The van der Waals surface area contributed by atoms with Crippen molar-refractivity contribution in [1.82, 2.24) is 9.88 Å². The summed E-state index contributed by atoms with van der Waals surface area (Å²) in [5.41, 5.74) is 0.0928. The lowest BCUT2D eigenvalue weighted by atomic mass is 10.2. The van der Waals surface area contributed by atoms with Crippen LogP contribution in [0.2, 0.25) is 0 Å². The largest absolute Gasteiger partial charge is 0.481 e. The molecule has 1 rings (SSSR count). The van der Waals surface area contributed by atoms with E-state index in [-0.39, 0.29) is 31.0 Å². The van der Waals surface area contributed by atoms with E-state index in [9.17, 15) is 27.2 Å². The maximum Gasteiger partial charge on any atom is 0.340 e. The first-order valence-corrected chi connectivity index (χ1v) is 6.93. The van der Waals surface area contributed by atoms with Gasteiger partial charge in [-0.15, -0.1) is 0 Å². The summed E-state index contributed by atoms with van der Waals surface area (Å²) in [5, 5.41) is 8.63. The number of carboxylic acids is 1. The maximum atomic E-state index is 12.7. The minimum Gasteiger partial charge on any atom is -0.481 e. The molecule has 0 atom stereocenters. The van der Waals surface area contributed by atoms with E-state index >= 15 is 0 Å². The highest BCUT2D eigenvalue weighted by atomic mass is 19.3. The predicted molar refractivity (Wildman–Crippen MR) is 74.5 cm³/mol. The Morgan fingerprint density at radius 2 is 2.04 bits per heavy atom. The normalized spacial score (nSPS) is 11.4. The van der Waals surface area contributed by atoms with Crippen LogP contribution in [0, 0.1) is 0 Å². The summed E-state index contributed by atoms with van der Waals surface area (Å²) < 4.78 is 53.9. The van der Waals surface area contributed by atoms with Gasteiger partial charge in [0.1, 0.15) is 0 Å². The second-order valence-corrected chi connectivity index (χ2v) is 4.76. The number of carbonyl (C=O) groups excluding carboxylic acids is 1. The lowest BCUT2D eigenvalue weighted by molar-refractivity contribution is -0.148. The van der Waals surface area contributed by atoms with Crippen molar-refractivity contribution in [2.45, 2.75) is 25.7 Å². The van der Waals surface area contributed by atoms with Gasteiger partial charge in [0.15, 0.2) is 6.61 Å². The van der Waals surface area contributed by atoms with Crippen LogP contribution in [-0.4, -0.2) is 58.9 Å². The Morgan fingerprint density at radius 3 is 2.50 bits per heavy atom. The topological polar surface area (TPSA) is 79.7 Å². The van der Waals surface area contributed by atoms with E-state index in [0.29, 0.717) is 0 Å². The van der Waals surface area contributed by atoms with Gasteiger partial charge in [-0.1, -0.05) is 0 Å². The Hall–Kier alpha value is -2.39. The third kappa shape index (κ3) is 5.67. The smallest absolute Gasteiger partial charge is 0.340 e. The molecule has 0 unspecified atom stereocenters. The van der Waals surface area contributed by atoms with E-state index < -0.39 is 30.8 Å². The van der Waals surface area contributed by atoms with Crippen LogP contribution in [0.25, 0.3) is 0 Å². The summed E-state index contributed by atoms with van der Waals surface area (Å²) in [4.78, 5) is 27.6. The van der Waals surface area contributed by atoms with Crippen LogP contribution in [0.4, 0.5) is 17.6 Å². The second-order valence-electron chi connectivity index (χ2n) is 4.76. The molecule has 0 bridgehead atoms. The number of nitrogens with zero attached hydrogens (tertiary/aromatic N) is 2. The van der Waals surface area contributed by atoms with E-state index in [1.165, 1.54) is 11.0 Å². The van der Waals surface area contributed by atoms with E-state index in [4.69, 9.17) is 5.11 Å². The first-order chi connectivity index (χ1) is 11.2. The molecule has 24 heavy (non-hydrogen) atoms. The number of rotatable bonds is 9. The monoisotopic (exact) mass is 352 g/mol. The standard InChI is InChI=1S/C14H16F4N2O4/c1-2-20(6-5-11(21)22)12(23)9-3-4-10(19-7-9)24-8-14(17,18)13(15)16/h3-4,7,13H,2,5-6,8H2,1H3,(H,21,22). The molecule has 1 aromatic heterocycles. The van der Waals surface area contributed by atoms with Crippen molar-refractivity contribution in [3.63, 3.8) is 0 Å². The van der Waals surface area contributed by atoms with E-state index in [1.807, 2.05) is 0 Å². The van der Waals surface area contributed by atoms with Crippen LogP contribution in [-0.2, 0) is 4.79 Å². The Bertz CT molecular complexity index is 566. The molecule has 0 aromatic carbocycles. The lowest BCUT2D eigenvalue weighted by Gasteiger charge is -2.20. The van der Waals surface area contributed by atoms with Gasteiger partial charge in [-0.2, -0.15) is 8.78 Å². The maximum absolute atomic E-state index is 12.7. The van der Waals surface area contributed by atoms with Crippen molar-refractivity contribution in [3.8, 4) is 5.88 Å². The van der Waals surface area contributed by atoms with Crippen molar-refractivity contribution in [2.75, 3.05) is 19.7 Å². The fraction of sp³-hybridized carbons (Fsp3) is 0.500. The van der Waals surface area contributed by atoms with Crippen molar-refractivity contribution < 1.29 is 37.0 Å².